The normalized spacial score (nSPS) is 30.8. The molecule has 0 aromatic heterocycles. The molecule has 0 unspecified atom stereocenters. The van der Waals surface area contributed by atoms with E-state index in [0.717, 1.165) is 5.92 Å². The first-order valence-electron chi connectivity index (χ1n) is 6.87. The Kier molecular flexibility index (Phi) is 4.62. The third-order valence-corrected chi connectivity index (χ3v) is 4.07. The van der Waals surface area contributed by atoms with Crippen molar-refractivity contribution in [2.45, 2.75) is 19.8 Å². The van der Waals surface area contributed by atoms with Gasteiger partial charge >= 0.3 is 0 Å². The van der Waals surface area contributed by atoms with Crippen LogP contribution in [0.5, 0.6) is 0 Å². The number of piperazine rings is 1. The predicted molar refractivity (Wildman–Crippen MR) is 68.8 cm³/mol. The largest absolute Gasteiger partial charge is 0.304 e. The topological polar surface area (TPSA) is 9.72 Å². The summed E-state index contributed by atoms with van der Waals surface area (Å²) >= 11 is 0. The monoisotopic (exact) mass is 225 g/mol. The standard InChI is InChI=1S/C13H27N3/c1-13-4-3-5-16(12-13)11-10-15-8-6-14(2)7-9-15/h13H,3-12H2,1-2H3/t13-/m1/s1. The van der Waals surface area contributed by atoms with Crippen LogP contribution in [0.2, 0.25) is 0 Å². The van der Waals surface area contributed by atoms with Crippen molar-refractivity contribution in [2.24, 2.45) is 5.92 Å². The van der Waals surface area contributed by atoms with E-state index in [1.165, 1.54) is 65.2 Å². The van der Waals surface area contributed by atoms with Crippen LogP contribution in [0, 0.1) is 5.92 Å². The van der Waals surface area contributed by atoms with Gasteiger partial charge in [-0.3, -0.25) is 4.90 Å². The van der Waals surface area contributed by atoms with E-state index in [2.05, 4.69) is 28.7 Å². The van der Waals surface area contributed by atoms with E-state index >= 15 is 0 Å². The van der Waals surface area contributed by atoms with E-state index in [4.69, 9.17) is 0 Å². The van der Waals surface area contributed by atoms with Gasteiger partial charge in [0.05, 0.1) is 0 Å². The van der Waals surface area contributed by atoms with Crippen molar-refractivity contribution in [3.63, 3.8) is 0 Å². The summed E-state index contributed by atoms with van der Waals surface area (Å²) in [5.41, 5.74) is 0. The van der Waals surface area contributed by atoms with Crippen LogP contribution in [0.4, 0.5) is 0 Å². The molecule has 2 heterocycles. The van der Waals surface area contributed by atoms with Gasteiger partial charge in [0.15, 0.2) is 0 Å². The van der Waals surface area contributed by atoms with Gasteiger partial charge in [-0.05, 0) is 32.4 Å². The highest BCUT2D eigenvalue weighted by molar-refractivity contribution is 4.74. The Morgan fingerprint density at radius 3 is 2.31 bits per heavy atom. The van der Waals surface area contributed by atoms with E-state index in [9.17, 15) is 0 Å². The minimum absolute atomic E-state index is 0.918. The van der Waals surface area contributed by atoms with Crippen molar-refractivity contribution in [3.8, 4) is 0 Å². The van der Waals surface area contributed by atoms with Gasteiger partial charge in [0.25, 0.3) is 0 Å². The molecule has 0 radical (unpaired) electrons. The highest BCUT2D eigenvalue weighted by atomic mass is 15.3. The molecule has 3 nitrogen and oxygen atoms in total. The molecular weight excluding hydrogens is 198 g/mol. The van der Waals surface area contributed by atoms with Crippen LogP contribution in [-0.2, 0) is 0 Å². The maximum Gasteiger partial charge on any atom is 0.0110 e. The molecule has 0 saturated carbocycles. The molecule has 0 aliphatic carbocycles. The fraction of sp³-hybridized carbons (Fsp3) is 1.00. The van der Waals surface area contributed by atoms with Crippen LogP contribution in [-0.4, -0.2) is 74.1 Å². The first kappa shape index (κ1) is 12.3. The number of nitrogens with zero attached hydrogens (tertiary/aromatic N) is 3. The fourth-order valence-corrected chi connectivity index (χ4v) is 2.84. The lowest BCUT2D eigenvalue weighted by atomic mass is 10.0. The highest BCUT2D eigenvalue weighted by Gasteiger charge is 2.18. The van der Waals surface area contributed by atoms with E-state index in [1.807, 2.05) is 0 Å². The second kappa shape index (κ2) is 5.99. The van der Waals surface area contributed by atoms with Crippen molar-refractivity contribution >= 4 is 0 Å². The van der Waals surface area contributed by atoms with Crippen LogP contribution in [0.1, 0.15) is 19.8 Å². The van der Waals surface area contributed by atoms with Crippen molar-refractivity contribution in [1.29, 1.82) is 0 Å². The molecule has 1 atom stereocenters. The average molecular weight is 225 g/mol. The Balaban J connectivity index is 1.63. The number of rotatable bonds is 3. The molecule has 0 amide bonds. The summed E-state index contributed by atoms with van der Waals surface area (Å²) in [4.78, 5) is 7.71. The summed E-state index contributed by atoms with van der Waals surface area (Å²) in [5, 5.41) is 0. The van der Waals surface area contributed by atoms with Gasteiger partial charge in [-0.2, -0.15) is 0 Å². The van der Waals surface area contributed by atoms with Crippen LogP contribution >= 0.6 is 0 Å². The number of hydrogen-bond acceptors (Lipinski definition) is 3. The Labute approximate surface area is 100 Å². The highest BCUT2D eigenvalue weighted by Crippen LogP contribution is 2.15. The number of piperidine rings is 1. The quantitative estimate of drug-likeness (QED) is 0.708. The van der Waals surface area contributed by atoms with Crippen LogP contribution < -0.4 is 0 Å². The zero-order chi connectivity index (χ0) is 11.4. The summed E-state index contributed by atoms with van der Waals surface area (Å²) in [6, 6.07) is 0. The minimum Gasteiger partial charge on any atom is -0.304 e. The molecule has 2 saturated heterocycles. The van der Waals surface area contributed by atoms with Crippen molar-refractivity contribution in [2.75, 3.05) is 59.4 Å². The Bertz CT molecular complexity index is 199. The molecule has 2 aliphatic rings. The van der Waals surface area contributed by atoms with Gasteiger partial charge in [0.2, 0.25) is 0 Å². The van der Waals surface area contributed by atoms with E-state index in [-0.39, 0.29) is 0 Å². The van der Waals surface area contributed by atoms with Crippen LogP contribution in [0.25, 0.3) is 0 Å². The lowest BCUT2D eigenvalue weighted by Crippen LogP contribution is -2.47. The molecule has 3 heteroatoms. The van der Waals surface area contributed by atoms with E-state index < -0.39 is 0 Å². The lowest BCUT2D eigenvalue weighted by Gasteiger charge is -2.36. The maximum absolute atomic E-state index is 2.66. The van der Waals surface area contributed by atoms with Crippen molar-refractivity contribution in [1.82, 2.24) is 14.7 Å². The van der Waals surface area contributed by atoms with Gasteiger partial charge in [-0.15, -0.1) is 0 Å². The minimum atomic E-state index is 0.918. The van der Waals surface area contributed by atoms with E-state index in [1.54, 1.807) is 0 Å². The zero-order valence-electron chi connectivity index (χ0n) is 11.0. The fourth-order valence-electron chi connectivity index (χ4n) is 2.84. The molecule has 94 valence electrons. The van der Waals surface area contributed by atoms with Gasteiger partial charge in [-0.25, -0.2) is 0 Å². The molecule has 0 aromatic rings. The summed E-state index contributed by atoms with van der Waals surface area (Å²) in [6.45, 7) is 12.6. The van der Waals surface area contributed by atoms with Crippen LogP contribution in [0.15, 0.2) is 0 Å². The average Bonchev–Trinajstić information content (AvgIpc) is 2.28. The molecule has 16 heavy (non-hydrogen) atoms. The van der Waals surface area contributed by atoms with Crippen molar-refractivity contribution < 1.29 is 0 Å². The molecule has 0 N–H and O–H groups in total. The molecule has 2 aliphatic heterocycles. The number of likely N-dealkylation sites (tertiary alicyclic amines) is 1. The first-order valence-corrected chi connectivity index (χ1v) is 6.87. The molecule has 0 bridgehead atoms. The van der Waals surface area contributed by atoms with Gasteiger partial charge in [-0.1, -0.05) is 6.92 Å². The molecule has 0 aromatic carbocycles. The second-order valence-electron chi connectivity index (χ2n) is 5.69. The Hall–Kier alpha value is -0.120. The Morgan fingerprint density at radius 1 is 0.938 bits per heavy atom. The predicted octanol–water partition coefficient (Wildman–Crippen LogP) is 0.966. The maximum atomic E-state index is 2.66. The third-order valence-electron chi connectivity index (χ3n) is 4.07. The summed E-state index contributed by atoms with van der Waals surface area (Å²) in [5.74, 6) is 0.918. The van der Waals surface area contributed by atoms with Gasteiger partial charge < -0.3 is 9.80 Å². The third kappa shape index (κ3) is 3.72. The summed E-state index contributed by atoms with van der Waals surface area (Å²) in [6.07, 6.45) is 2.84. The molecule has 2 fully saturated rings. The second-order valence-corrected chi connectivity index (χ2v) is 5.69. The lowest BCUT2D eigenvalue weighted by molar-refractivity contribution is 0.118. The first-order chi connectivity index (χ1) is 7.74. The number of hydrogen-bond donors (Lipinski definition) is 0. The van der Waals surface area contributed by atoms with Crippen LogP contribution in [0.3, 0.4) is 0 Å². The molecule has 0 spiro atoms. The SMILES string of the molecule is C[C@@H]1CCCN(CCN2CCN(C)CC2)C1. The smallest absolute Gasteiger partial charge is 0.0110 e. The summed E-state index contributed by atoms with van der Waals surface area (Å²) < 4.78 is 0. The van der Waals surface area contributed by atoms with E-state index in [0.29, 0.717) is 0 Å². The molecular formula is C13H27N3. The summed E-state index contributed by atoms with van der Waals surface area (Å²) in [7, 11) is 2.23. The van der Waals surface area contributed by atoms with Crippen molar-refractivity contribution in [3.05, 3.63) is 0 Å². The van der Waals surface area contributed by atoms with Gasteiger partial charge in [0, 0.05) is 45.8 Å². The van der Waals surface area contributed by atoms with Gasteiger partial charge in [0.1, 0.15) is 0 Å². The number of likely N-dealkylation sites (N-methyl/N-ethyl adjacent to an activating group) is 1. The Morgan fingerprint density at radius 2 is 1.62 bits per heavy atom. The zero-order valence-corrected chi connectivity index (χ0v) is 11.0. The molecule has 2 rings (SSSR count).